The molecule has 0 aromatic rings. The van der Waals surface area contributed by atoms with Gasteiger partial charge in [0.1, 0.15) is 5.60 Å². The van der Waals surface area contributed by atoms with Crippen molar-refractivity contribution in [3.63, 3.8) is 0 Å². The minimum Gasteiger partial charge on any atom is -0.442 e. The highest BCUT2D eigenvalue weighted by Gasteiger charge is 2.18. The quantitative estimate of drug-likeness (QED) is 0.711. The molecule has 0 aliphatic carbocycles. The van der Waals surface area contributed by atoms with Crippen LogP contribution in [0.3, 0.4) is 0 Å². The summed E-state index contributed by atoms with van der Waals surface area (Å²) in [5.41, 5.74) is 1.23. The molecule has 18 heavy (non-hydrogen) atoms. The maximum atomic E-state index is 11.3. The highest BCUT2D eigenvalue weighted by atomic mass is 16.7. The maximum absolute atomic E-state index is 11.3. The van der Waals surface area contributed by atoms with E-state index in [-0.39, 0.29) is 19.6 Å². The topological polar surface area (TPSA) is 94.1 Å². The molecule has 106 valence electrons. The van der Waals surface area contributed by atoms with E-state index in [1.54, 1.807) is 27.7 Å². The van der Waals surface area contributed by atoms with E-state index in [1.807, 2.05) is 5.48 Å². The standard InChI is InChI=1S/C11H21NO6/c1-8(16-6-5-13)7-9(14)18-12-10(15)17-11(2,3)4/h8,13H,5-7H2,1-4H3,(H,12,15). The monoisotopic (exact) mass is 263 g/mol. The lowest BCUT2D eigenvalue weighted by Gasteiger charge is -2.19. The number of hydroxylamine groups is 1. The lowest BCUT2D eigenvalue weighted by molar-refractivity contribution is -0.153. The van der Waals surface area contributed by atoms with Gasteiger partial charge in [-0.3, -0.25) is 0 Å². The Morgan fingerprint density at radius 2 is 1.94 bits per heavy atom. The molecule has 0 heterocycles. The molecule has 0 fully saturated rings. The van der Waals surface area contributed by atoms with E-state index in [0.717, 1.165) is 0 Å². The number of carbonyl (C=O) groups is 2. The molecule has 2 N–H and O–H groups in total. The lowest BCUT2D eigenvalue weighted by atomic mass is 10.2. The number of carbonyl (C=O) groups excluding carboxylic acids is 2. The highest BCUT2D eigenvalue weighted by molar-refractivity contribution is 5.73. The van der Waals surface area contributed by atoms with Crippen molar-refractivity contribution in [2.45, 2.75) is 45.8 Å². The fraction of sp³-hybridized carbons (Fsp3) is 0.818. The van der Waals surface area contributed by atoms with E-state index in [9.17, 15) is 9.59 Å². The average Bonchev–Trinajstić information content (AvgIpc) is 2.21. The smallest absolute Gasteiger partial charge is 0.441 e. The first-order chi connectivity index (χ1) is 8.24. The summed E-state index contributed by atoms with van der Waals surface area (Å²) < 4.78 is 9.92. The van der Waals surface area contributed by atoms with Gasteiger partial charge in [-0.05, 0) is 27.7 Å². The second kappa shape index (κ2) is 7.88. The number of aliphatic hydroxyl groups is 1. The van der Waals surface area contributed by atoms with Crippen LogP contribution < -0.4 is 5.48 Å². The molecule has 0 aliphatic rings. The minimum atomic E-state index is -0.834. The Bertz CT molecular complexity index is 273. The zero-order chi connectivity index (χ0) is 14.2. The number of ether oxygens (including phenoxy) is 2. The number of rotatable bonds is 5. The molecule has 0 aromatic carbocycles. The molecule has 0 rings (SSSR count). The first-order valence-electron chi connectivity index (χ1n) is 5.65. The zero-order valence-corrected chi connectivity index (χ0v) is 11.2. The van der Waals surface area contributed by atoms with Crippen LogP contribution in [0.5, 0.6) is 0 Å². The first kappa shape index (κ1) is 16.7. The van der Waals surface area contributed by atoms with Gasteiger partial charge >= 0.3 is 12.1 Å². The zero-order valence-electron chi connectivity index (χ0n) is 11.2. The Morgan fingerprint density at radius 3 is 2.44 bits per heavy atom. The van der Waals surface area contributed by atoms with Gasteiger partial charge in [0.05, 0.1) is 25.7 Å². The molecule has 1 unspecified atom stereocenters. The second-order valence-corrected chi connectivity index (χ2v) is 4.69. The Morgan fingerprint density at radius 1 is 1.33 bits per heavy atom. The predicted molar refractivity (Wildman–Crippen MR) is 62.6 cm³/mol. The highest BCUT2D eigenvalue weighted by Crippen LogP contribution is 2.06. The summed E-state index contributed by atoms with van der Waals surface area (Å²) in [5, 5.41) is 8.52. The largest absolute Gasteiger partial charge is 0.442 e. The molecule has 0 saturated carbocycles. The minimum absolute atomic E-state index is 0.0319. The molecule has 7 nitrogen and oxygen atoms in total. The SMILES string of the molecule is CC(CC(=O)ONC(=O)OC(C)(C)C)OCCO. The Kier molecular flexibility index (Phi) is 7.30. The van der Waals surface area contributed by atoms with Crippen LogP contribution in [0, 0.1) is 0 Å². The summed E-state index contributed by atoms with van der Waals surface area (Å²) >= 11 is 0. The van der Waals surface area contributed by atoms with E-state index >= 15 is 0 Å². The van der Waals surface area contributed by atoms with Gasteiger partial charge in [0, 0.05) is 0 Å². The molecule has 0 bridgehead atoms. The molecule has 1 amide bonds. The number of nitrogens with one attached hydrogen (secondary N) is 1. The predicted octanol–water partition coefficient (Wildman–Crippen LogP) is 0.757. The van der Waals surface area contributed by atoms with Crippen LogP contribution in [-0.4, -0.2) is 42.1 Å². The summed E-state index contributed by atoms with van der Waals surface area (Å²) in [6, 6.07) is 0. The van der Waals surface area contributed by atoms with Gasteiger partial charge in [-0.15, -0.1) is 5.48 Å². The molecule has 0 spiro atoms. The summed E-state index contributed by atoms with van der Waals surface area (Å²) in [6.07, 6.45) is -1.26. The van der Waals surface area contributed by atoms with Gasteiger partial charge in [0.2, 0.25) is 0 Å². The summed E-state index contributed by atoms with van der Waals surface area (Å²) in [7, 11) is 0. The van der Waals surface area contributed by atoms with Crippen molar-refractivity contribution in [1.82, 2.24) is 5.48 Å². The van der Waals surface area contributed by atoms with Crippen molar-refractivity contribution in [2.24, 2.45) is 0 Å². The molecule has 7 heteroatoms. The van der Waals surface area contributed by atoms with Crippen molar-refractivity contribution in [1.29, 1.82) is 0 Å². The number of hydrogen-bond donors (Lipinski definition) is 2. The van der Waals surface area contributed by atoms with Crippen molar-refractivity contribution in [2.75, 3.05) is 13.2 Å². The third kappa shape index (κ3) is 9.86. The van der Waals surface area contributed by atoms with E-state index in [4.69, 9.17) is 14.6 Å². The maximum Gasteiger partial charge on any atom is 0.441 e. The second-order valence-electron chi connectivity index (χ2n) is 4.69. The van der Waals surface area contributed by atoms with Gasteiger partial charge in [-0.2, -0.15) is 0 Å². The summed E-state index contributed by atoms with van der Waals surface area (Å²) in [6.45, 7) is 6.77. The molecule has 0 radical (unpaired) electrons. The third-order valence-corrected chi connectivity index (χ3v) is 1.59. The summed E-state index contributed by atoms with van der Waals surface area (Å²) in [4.78, 5) is 26.9. The first-order valence-corrected chi connectivity index (χ1v) is 5.65. The summed E-state index contributed by atoms with van der Waals surface area (Å²) in [5.74, 6) is -0.647. The van der Waals surface area contributed by atoms with Gasteiger partial charge in [-0.1, -0.05) is 0 Å². The van der Waals surface area contributed by atoms with E-state index in [1.165, 1.54) is 0 Å². The Hall–Kier alpha value is -1.34. The van der Waals surface area contributed by atoms with Crippen LogP contribution >= 0.6 is 0 Å². The van der Waals surface area contributed by atoms with Crippen LogP contribution in [0.1, 0.15) is 34.1 Å². The average molecular weight is 263 g/mol. The molecule has 0 saturated heterocycles. The van der Waals surface area contributed by atoms with Gasteiger partial charge in [0.25, 0.3) is 0 Å². The van der Waals surface area contributed by atoms with Crippen molar-refractivity contribution in [3.8, 4) is 0 Å². The number of amides is 1. The molecular formula is C11H21NO6. The van der Waals surface area contributed by atoms with Crippen LogP contribution in [-0.2, 0) is 19.1 Å². The van der Waals surface area contributed by atoms with Crippen molar-refractivity contribution in [3.05, 3.63) is 0 Å². The van der Waals surface area contributed by atoms with Crippen LogP contribution in [0.15, 0.2) is 0 Å². The van der Waals surface area contributed by atoms with Gasteiger partial charge in [0.15, 0.2) is 0 Å². The normalized spacial score (nSPS) is 12.7. The fourth-order valence-corrected chi connectivity index (χ4v) is 0.987. The Labute approximate surface area is 106 Å². The number of aliphatic hydroxyl groups excluding tert-OH is 1. The van der Waals surface area contributed by atoms with Crippen molar-refractivity contribution >= 4 is 12.1 Å². The van der Waals surface area contributed by atoms with Crippen LogP contribution in [0.2, 0.25) is 0 Å². The lowest BCUT2D eigenvalue weighted by Crippen LogP contribution is -2.34. The van der Waals surface area contributed by atoms with Crippen LogP contribution in [0.25, 0.3) is 0 Å². The fourth-order valence-electron chi connectivity index (χ4n) is 0.987. The van der Waals surface area contributed by atoms with E-state index < -0.39 is 23.8 Å². The molecule has 1 atom stereocenters. The Balaban J connectivity index is 3.79. The van der Waals surface area contributed by atoms with Crippen molar-refractivity contribution < 1.29 is 29.0 Å². The van der Waals surface area contributed by atoms with Crippen LogP contribution in [0.4, 0.5) is 4.79 Å². The molecular weight excluding hydrogens is 242 g/mol. The molecule has 0 aromatic heterocycles. The molecule has 0 aliphatic heterocycles. The van der Waals surface area contributed by atoms with Gasteiger partial charge in [-0.25, -0.2) is 9.59 Å². The third-order valence-electron chi connectivity index (χ3n) is 1.59. The number of hydrogen-bond acceptors (Lipinski definition) is 6. The van der Waals surface area contributed by atoms with Gasteiger partial charge < -0.3 is 19.4 Å². The van der Waals surface area contributed by atoms with E-state index in [2.05, 4.69) is 4.84 Å². The van der Waals surface area contributed by atoms with E-state index in [0.29, 0.717) is 0 Å².